The minimum atomic E-state index is 0.830. The van der Waals surface area contributed by atoms with Crippen LogP contribution in [0.15, 0.2) is 0 Å². The van der Waals surface area contributed by atoms with E-state index in [1.54, 1.807) is 0 Å². The summed E-state index contributed by atoms with van der Waals surface area (Å²) in [5, 5.41) is 0. The third-order valence-corrected chi connectivity index (χ3v) is 5.28. The Morgan fingerprint density at radius 1 is 0.810 bits per heavy atom. The van der Waals surface area contributed by atoms with E-state index in [0.717, 1.165) is 6.04 Å². The van der Waals surface area contributed by atoms with Gasteiger partial charge in [-0.1, -0.05) is 13.3 Å². The molecule has 2 saturated heterocycles. The number of hydrogen-bond donors (Lipinski definition) is 0. The van der Waals surface area contributed by atoms with Crippen LogP contribution in [0, 0.1) is 0 Å². The molecule has 0 aromatic rings. The molecule has 2 rings (SSSR count). The second kappa shape index (κ2) is 9.19. The van der Waals surface area contributed by atoms with Gasteiger partial charge >= 0.3 is 0 Å². The van der Waals surface area contributed by atoms with Gasteiger partial charge in [-0.15, -0.1) is 0 Å². The Kier molecular flexibility index (Phi) is 7.58. The molecule has 1 atom stereocenters. The summed E-state index contributed by atoms with van der Waals surface area (Å²) in [6.07, 6.45) is 5.47. The molecule has 0 aromatic carbocycles. The standard InChI is InChI=1S/C15H34B2N4/c1-2-4-15(19-9-13-21(17)14-10-19)5-3-6-18-7-11-20(16)12-8-18/h15H,2-14,16-17H2,1H3. The van der Waals surface area contributed by atoms with Crippen LogP contribution in [0.2, 0.25) is 0 Å². The summed E-state index contributed by atoms with van der Waals surface area (Å²) < 4.78 is 0. The molecule has 0 radical (unpaired) electrons. The van der Waals surface area contributed by atoms with Crippen LogP contribution in [0.3, 0.4) is 0 Å². The Bertz CT molecular complexity index is 277. The molecule has 0 amide bonds. The maximum absolute atomic E-state index is 2.76. The Morgan fingerprint density at radius 2 is 1.38 bits per heavy atom. The molecule has 2 fully saturated rings. The highest BCUT2D eigenvalue weighted by atomic mass is 15.2. The van der Waals surface area contributed by atoms with Crippen molar-refractivity contribution in [2.75, 3.05) is 58.9 Å². The van der Waals surface area contributed by atoms with Gasteiger partial charge in [-0.05, 0) is 52.0 Å². The van der Waals surface area contributed by atoms with Crippen LogP contribution in [0.4, 0.5) is 0 Å². The maximum atomic E-state index is 2.76. The van der Waals surface area contributed by atoms with Crippen LogP contribution in [0.5, 0.6) is 0 Å². The SMILES string of the molecule is BN1CCN(CCCC(CCC)N2CCN(B)CC2)CC1. The maximum Gasteiger partial charge on any atom is 0.185 e. The predicted octanol–water partition coefficient (Wildman–Crippen LogP) is -0.733. The van der Waals surface area contributed by atoms with E-state index in [4.69, 9.17) is 0 Å². The fourth-order valence-corrected chi connectivity index (χ4v) is 3.65. The van der Waals surface area contributed by atoms with Crippen molar-refractivity contribution in [1.82, 2.24) is 19.4 Å². The highest BCUT2D eigenvalue weighted by Crippen LogP contribution is 2.16. The van der Waals surface area contributed by atoms with Crippen LogP contribution < -0.4 is 0 Å². The summed E-state index contributed by atoms with van der Waals surface area (Å²) >= 11 is 0. The van der Waals surface area contributed by atoms with E-state index in [1.807, 2.05) is 0 Å². The Balaban J connectivity index is 1.67. The minimum absolute atomic E-state index is 0.830. The Morgan fingerprint density at radius 3 is 1.95 bits per heavy atom. The molecule has 0 saturated carbocycles. The normalized spacial score (nSPS) is 25.2. The molecule has 0 spiro atoms. The largest absolute Gasteiger partial charge is 0.346 e. The second-order valence-corrected chi connectivity index (χ2v) is 7.07. The van der Waals surface area contributed by atoms with Crippen LogP contribution in [-0.2, 0) is 0 Å². The summed E-state index contributed by atoms with van der Waals surface area (Å²) in [4.78, 5) is 10.3. The molecule has 2 aliphatic heterocycles. The summed E-state index contributed by atoms with van der Waals surface area (Å²) in [7, 11) is 4.49. The van der Waals surface area contributed by atoms with Gasteiger partial charge in [0.15, 0.2) is 16.0 Å². The monoisotopic (exact) mass is 292 g/mol. The van der Waals surface area contributed by atoms with E-state index < -0.39 is 0 Å². The van der Waals surface area contributed by atoms with E-state index in [-0.39, 0.29) is 0 Å². The first kappa shape index (κ1) is 17.3. The van der Waals surface area contributed by atoms with Crippen molar-refractivity contribution < 1.29 is 0 Å². The fraction of sp³-hybridized carbons (Fsp3) is 1.00. The highest BCUT2D eigenvalue weighted by molar-refractivity contribution is 6.04. The fourth-order valence-electron chi connectivity index (χ4n) is 3.65. The van der Waals surface area contributed by atoms with E-state index in [0.29, 0.717) is 0 Å². The molecular weight excluding hydrogens is 258 g/mol. The molecule has 2 heterocycles. The number of piperazine rings is 2. The van der Waals surface area contributed by atoms with Gasteiger partial charge in [-0.2, -0.15) is 0 Å². The zero-order chi connectivity index (χ0) is 15.1. The quantitative estimate of drug-likeness (QED) is 0.573. The van der Waals surface area contributed by atoms with Crippen molar-refractivity contribution in [2.45, 2.75) is 38.6 Å². The molecule has 21 heavy (non-hydrogen) atoms. The lowest BCUT2D eigenvalue weighted by Crippen LogP contribution is -2.49. The summed E-state index contributed by atoms with van der Waals surface area (Å²) in [6.45, 7) is 13.7. The first-order valence-electron chi connectivity index (χ1n) is 9.02. The van der Waals surface area contributed by atoms with Crippen LogP contribution >= 0.6 is 0 Å². The van der Waals surface area contributed by atoms with Gasteiger partial charge in [0.2, 0.25) is 0 Å². The zero-order valence-electron chi connectivity index (χ0n) is 14.6. The van der Waals surface area contributed by atoms with Gasteiger partial charge in [0.1, 0.15) is 0 Å². The molecule has 0 aromatic heterocycles. The van der Waals surface area contributed by atoms with Gasteiger partial charge < -0.3 is 14.5 Å². The average Bonchev–Trinajstić information content (AvgIpc) is 2.49. The first-order valence-corrected chi connectivity index (χ1v) is 9.02. The van der Waals surface area contributed by atoms with Gasteiger partial charge in [0.05, 0.1) is 0 Å². The van der Waals surface area contributed by atoms with Crippen molar-refractivity contribution in [3.63, 3.8) is 0 Å². The molecule has 0 aliphatic carbocycles. The summed E-state index contributed by atoms with van der Waals surface area (Å²) in [5.41, 5.74) is 0. The lowest BCUT2D eigenvalue weighted by atomic mass is 10.0. The molecule has 6 heteroatoms. The third-order valence-electron chi connectivity index (χ3n) is 5.28. The first-order chi connectivity index (χ1) is 10.2. The van der Waals surface area contributed by atoms with Crippen LogP contribution in [0.1, 0.15) is 32.6 Å². The number of nitrogens with zero attached hydrogens (tertiary/aromatic N) is 4. The Labute approximate surface area is 133 Å². The molecular formula is C15H34B2N4. The molecule has 4 nitrogen and oxygen atoms in total. The van der Waals surface area contributed by atoms with E-state index in [2.05, 4.69) is 42.3 Å². The molecule has 2 aliphatic rings. The van der Waals surface area contributed by atoms with Gasteiger partial charge in [0, 0.05) is 32.2 Å². The van der Waals surface area contributed by atoms with Crippen LogP contribution in [-0.4, -0.2) is 100 Å². The van der Waals surface area contributed by atoms with Crippen molar-refractivity contribution in [2.24, 2.45) is 0 Å². The van der Waals surface area contributed by atoms with Crippen molar-refractivity contribution in [3.05, 3.63) is 0 Å². The smallest absolute Gasteiger partial charge is 0.185 e. The zero-order valence-corrected chi connectivity index (χ0v) is 14.6. The van der Waals surface area contributed by atoms with Crippen molar-refractivity contribution in [3.8, 4) is 0 Å². The topological polar surface area (TPSA) is 13.0 Å². The van der Waals surface area contributed by atoms with Gasteiger partial charge in [-0.3, -0.25) is 4.90 Å². The van der Waals surface area contributed by atoms with E-state index in [9.17, 15) is 0 Å². The lowest BCUT2D eigenvalue weighted by Gasteiger charge is -2.39. The van der Waals surface area contributed by atoms with Gasteiger partial charge in [-0.25, -0.2) is 0 Å². The predicted molar refractivity (Wildman–Crippen MR) is 96.2 cm³/mol. The van der Waals surface area contributed by atoms with Gasteiger partial charge in [0.25, 0.3) is 0 Å². The minimum Gasteiger partial charge on any atom is -0.346 e. The van der Waals surface area contributed by atoms with E-state index in [1.165, 1.54) is 84.6 Å². The molecule has 120 valence electrons. The second-order valence-electron chi connectivity index (χ2n) is 7.07. The molecule has 0 N–H and O–H groups in total. The van der Waals surface area contributed by atoms with Crippen LogP contribution in [0.25, 0.3) is 0 Å². The summed E-state index contributed by atoms with van der Waals surface area (Å²) in [6, 6.07) is 0.830. The number of rotatable bonds is 7. The average molecular weight is 292 g/mol. The number of hydrogen-bond acceptors (Lipinski definition) is 4. The lowest BCUT2D eigenvalue weighted by molar-refractivity contribution is 0.117. The molecule has 0 bridgehead atoms. The highest BCUT2D eigenvalue weighted by Gasteiger charge is 2.22. The van der Waals surface area contributed by atoms with Crippen molar-refractivity contribution >= 4 is 16.0 Å². The Hall–Kier alpha value is -0.0301. The van der Waals surface area contributed by atoms with E-state index >= 15 is 0 Å². The third kappa shape index (κ3) is 5.93. The summed E-state index contributed by atoms with van der Waals surface area (Å²) in [5.74, 6) is 0. The molecule has 1 unspecified atom stereocenters. The van der Waals surface area contributed by atoms with Crippen molar-refractivity contribution in [1.29, 1.82) is 0 Å².